The van der Waals surface area contributed by atoms with Gasteiger partial charge in [0.05, 0.1) is 30.5 Å². The van der Waals surface area contributed by atoms with Crippen molar-refractivity contribution in [2.45, 2.75) is 26.6 Å². The molecule has 0 spiro atoms. The number of carboxylic acid groups (broad SMARTS) is 1. The highest BCUT2D eigenvalue weighted by Crippen LogP contribution is 2.08. The SMILES string of the molecule is CCn1cncc1Cn1nnc(C(=O)O)c1CN. The Hall–Kier alpha value is -2.22. The molecule has 0 atom stereocenters. The lowest BCUT2D eigenvalue weighted by molar-refractivity contribution is 0.0689. The normalized spacial score (nSPS) is 10.8. The van der Waals surface area contributed by atoms with Crippen LogP contribution in [0.15, 0.2) is 12.5 Å². The van der Waals surface area contributed by atoms with Crippen LogP contribution in [0.2, 0.25) is 0 Å². The zero-order chi connectivity index (χ0) is 13.1. The van der Waals surface area contributed by atoms with Crippen molar-refractivity contribution in [1.29, 1.82) is 0 Å². The number of rotatable bonds is 5. The van der Waals surface area contributed by atoms with Crippen LogP contribution in [0.5, 0.6) is 0 Å². The van der Waals surface area contributed by atoms with Crippen LogP contribution in [-0.4, -0.2) is 35.6 Å². The summed E-state index contributed by atoms with van der Waals surface area (Å²) in [6.07, 6.45) is 3.43. The Kier molecular flexibility index (Phi) is 3.38. The molecule has 96 valence electrons. The highest BCUT2D eigenvalue weighted by molar-refractivity contribution is 5.86. The minimum absolute atomic E-state index is 0.0783. The molecule has 0 saturated heterocycles. The third-order valence-corrected chi connectivity index (χ3v) is 2.68. The lowest BCUT2D eigenvalue weighted by Gasteiger charge is -2.07. The van der Waals surface area contributed by atoms with Gasteiger partial charge in [0, 0.05) is 13.1 Å². The van der Waals surface area contributed by atoms with Crippen LogP contribution in [-0.2, 0) is 19.6 Å². The van der Waals surface area contributed by atoms with Gasteiger partial charge in [-0.15, -0.1) is 5.10 Å². The number of hydrogen-bond acceptors (Lipinski definition) is 5. The molecular weight excluding hydrogens is 236 g/mol. The predicted octanol–water partition coefficient (Wildman–Crippen LogP) is -0.300. The van der Waals surface area contributed by atoms with Crippen molar-refractivity contribution >= 4 is 5.97 Å². The summed E-state index contributed by atoms with van der Waals surface area (Å²) in [5.74, 6) is -1.12. The minimum atomic E-state index is -1.12. The van der Waals surface area contributed by atoms with E-state index in [0.717, 1.165) is 12.2 Å². The van der Waals surface area contributed by atoms with Crippen molar-refractivity contribution in [2.24, 2.45) is 5.73 Å². The Morgan fingerprint density at radius 3 is 2.94 bits per heavy atom. The number of aromatic nitrogens is 5. The second-order valence-corrected chi connectivity index (χ2v) is 3.72. The van der Waals surface area contributed by atoms with E-state index in [1.165, 1.54) is 4.68 Å². The Morgan fingerprint density at radius 2 is 2.33 bits per heavy atom. The van der Waals surface area contributed by atoms with Crippen molar-refractivity contribution < 1.29 is 9.90 Å². The average molecular weight is 250 g/mol. The molecule has 3 N–H and O–H groups in total. The summed E-state index contributed by atoms with van der Waals surface area (Å²) in [5, 5.41) is 16.4. The zero-order valence-corrected chi connectivity index (χ0v) is 9.94. The standard InChI is InChI=1S/C10H14N6O2/c1-2-15-6-12-4-7(15)5-16-8(3-11)9(10(17)18)13-14-16/h4,6H,2-3,5,11H2,1H3,(H,17,18). The van der Waals surface area contributed by atoms with E-state index in [1.54, 1.807) is 12.5 Å². The number of aromatic carboxylic acids is 1. The lowest BCUT2D eigenvalue weighted by Crippen LogP contribution is -2.14. The average Bonchev–Trinajstić information content (AvgIpc) is 2.95. The Bertz CT molecular complexity index is 558. The first-order valence-corrected chi connectivity index (χ1v) is 5.52. The van der Waals surface area contributed by atoms with Gasteiger partial charge in [0.1, 0.15) is 0 Å². The highest BCUT2D eigenvalue weighted by atomic mass is 16.4. The maximum atomic E-state index is 10.9. The van der Waals surface area contributed by atoms with Crippen LogP contribution >= 0.6 is 0 Å². The smallest absolute Gasteiger partial charge is 0.358 e. The van der Waals surface area contributed by atoms with E-state index in [9.17, 15) is 4.79 Å². The monoisotopic (exact) mass is 250 g/mol. The van der Waals surface area contributed by atoms with Crippen LogP contribution in [0.1, 0.15) is 28.8 Å². The minimum Gasteiger partial charge on any atom is -0.476 e. The molecule has 2 rings (SSSR count). The van der Waals surface area contributed by atoms with Gasteiger partial charge in [-0.05, 0) is 6.92 Å². The first-order chi connectivity index (χ1) is 8.67. The van der Waals surface area contributed by atoms with Gasteiger partial charge in [0.15, 0.2) is 5.69 Å². The first kappa shape index (κ1) is 12.2. The van der Waals surface area contributed by atoms with E-state index < -0.39 is 5.97 Å². The van der Waals surface area contributed by atoms with E-state index in [1.807, 2.05) is 11.5 Å². The Balaban J connectivity index is 2.32. The number of hydrogen-bond donors (Lipinski definition) is 2. The van der Waals surface area contributed by atoms with E-state index in [-0.39, 0.29) is 12.2 Å². The van der Waals surface area contributed by atoms with E-state index >= 15 is 0 Å². The number of nitrogens with zero attached hydrogens (tertiary/aromatic N) is 5. The van der Waals surface area contributed by atoms with Gasteiger partial charge >= 0.3 is 5.97 Å². The summed E-state index contributed by atoms with van der Waals surface area (Å²) in [5.41, 5.74) is 6.78. The Labute approximate surface area is 103 Å². The molecule has 0 radical (unpaired) electrons. The molecule has 0 aromatic carbocycles. The van der Waals surface area contributed by atoms with Crippen LogP contribution in [0, 0.1) is 0 Å². The largest absolute Gasteiger partial charge is 0.476 e. The topological polar surface area (TPSA) is 112 Å². The molecular formula is C10H14N6O2. The molecule has 0 bridgehead atoms. The summed E-state index contributed by atoms with van der Waals surface area (Å²) in [6, 6.07) is 0. The van der Waals surface area contributed by atoms with Crippen LogP contribution < -0.4 is 5.73 Å². The quantitative estimate of drug-likeness (QED) is 0.753. The fourth-order valence-electron chi connectivity index (χ4n) is 1.75. The van der Waals surface area contributed by atoms with Crippen molar-refractivity contribution in [3.8, 4) is 0 Å². The molecule has 2 heterocycles. The molecule has 2 aromatic rings. The Morgan fingerprint density at radius 1 is 1.56 bits per heavy atom. The van der Waals surface area contributed by atoms with E-state index in [4.69, 9.17) is 10.8 Å². The molecule has 0 saturated carbocycles. The number of imidazole rings is 1. The van der Waals surface area contributed by atoms with Gasteiger partial charge in [0.2, 0.25) is 0 Å². The van der Waals surface area contributed by atoms with Crippen molar-refractivity contribution in [3.05, 3.63) is 29.6 Å². The van der Waals surface area contributed by atoms with Crippen LogP contribution in [0.4, 0.5) is 0 Å². The third-order valence-electron chi connectivity index (χ3n) is 2.68. The summed E-state index contributed by atoms with van der Waals surface area (Å²) < 4.78 is 3.44. The molecule has 0 unspecified atom stereocenters. The second kappa shape index (κ2) is 4.96. The first-order valence-electron chi connectivity index (χ1n) is 5.52. The number of carboxylic acids is 1. The fourth-order valence-corrected chi connectivity index (χ4v) is 1.75. The molecule has 8 heteroatoms. The van der Waals surface area contributed by atoms with Gasteiger partial charge in [-0.1, -0.05) is 5.21 Å². The molecule has 8 nitrogen and oxygen atoms in total. The molecule has 18 heavy (non-hydrogen) atoms. The fraction of sp³-hybridized carbons (Fsp3) is 0.400. The van der Waals surface area contributed by atoms with Gasteiger partial charge in [-0.3, -0.25) is 0 Å². The van der Waals surface area contributed by atoms with Crippen LogP contribution in [0.3, 0.4) is 0 Å². The molecule has 0 aliphatic heterocycles. The molecule has 0 aliphatic rings. The van der Waals surface area contributed by atoms with Gasteiger partial charge in [-0.25, -0.2) is 14.5 Å². The predicted molar refractivity (Wildman–Crippen MR) is 61.9 cm³/mol. The highest BCUT2D eigenvalue weighted by Gasteiger charge is 2.18. The lowest BCUT2D eigenvalue weighted by atomic mass is 10.3. The van der Waals surface area contributed by atoms with Crippen molar-refractivity contribution in [2.75, 3.05) is 0 Å². The zero-order valence-electron chi connectivity index (χ0n) is 9.94. The summed E-state index contributed by atoms with van der Waals surface area (Å²) >= 11 is 0. The van der Waals surface area contributed by atoms with Gasteiger partial charge < -0.3 is 15.4 Å². The third kappa shape index (κ3) is 2.09. The molecule has 2 aromatic heterocycles. The van der Waals surface area contributed by atoms with Crippen LogP contribution in [0.25, 0.3) is 0 Å². The number of carbonyl (C=O) groups is 1. The summed E-state index contributed by atoms with van der Waals surface area (Å²) in [7, 11) is 0. The van der Waals surface area contributed by atoms with Crippen molar-refractivity contribution in [1.82, 2.24) is 24.5 Å². The summed E-state index contributed by atoms with van der Waals surface area (Å²) in [4.78, 5) is 15.0. The maximum absolute atomic E-state index is 10.9. The molecule has 0 amide bonds. The number of aryl methyl sites for hydroxylation is 1. The van der Waals surface area contributed by atoms with Gasteiger partial charge in [0.25, 0.3) is 0 Å². The molecule has 0 aliphatic carbocycles. The number of nitrogens with two attached hydrogens (primary N) is 1. The second-order valence-electron chi connectivity index (χ2n) is 3.72. The van der Waals surface area contributed by atoms with E-state index in [0.29, 0.717) is 12.2 Å². The van der Waals surface area contributed by atoms with Gasteiger partial charge in [-0.2, -0.15) is 0 Å². The maximum Gasteiger partial charge on any atom is 0.358 e. The van der Waals surface area contributed by atoms with Crippen molar-refractivity contribution in [3.63, 3.8) is 0 Å². The van der Waals surface area contributed by atoms with E-state index in [2.05, 4.69) is 15.3 Å². The molecule has 0 fully saturated rings. The summed E-state index contributed by atoms with van der Waals surface area (Å²) in [6.45, 7) is 3.27.